The highest BCUT2D eigenvalue weighted by Crippen LogP contribution is 2.25. The van der Waals surface area contributed by atoms with Crippen molar-refractivity contribution >= 4 is 0 Å². The number of aromatic hydroxyl groups is 1. The van der Waals surface area contributed by atoms with Crippen LogP contribution in [0.15, 0.2) is 18.2 Å². The molecule has 0 saturated heterocycles. The molecule has 2 atom stereocenters. The maximum Gasteiger partial charge on any atom is 0.123 e. The zero-order chi connectivity index (χ0) is 14.6. The van der Waals surface area contributed by atoms with Gasteiger partial charge < -0.3 is 15.5 Å². The van der Waals surface area contributed by atoms with Crippen LogP contribution in [-0.2, 0) is 0 Å². The van der Waals surface area contributed by atoms with Crippen LogP contribution in [-0.4, -0.2) is 22.4 Å². The van der Waals surface area contributed by atoms with E-state index in [0.717, 1.165) is 0 Å². The first-order valence-corrected chi connectivity index (χ1v) is 6.65. The van der Waals surface area contributed by atoms with Crippen molar-refractivity contribution in [1.82, 2.24) is 5.32 Å². The number of phenolic OH excluding ortho intramolecular Hbond substituents is 1. The summed E-state index contributed by atoms with van der Waals surface area (Å²) in [5.74, 6) is 0.0787. The summed E-state index contributed by atoms with van der Waals surface area (Å²) in [6.45, 7) is 8.10. The molecule has 0 radical (unpaired) electrons. The summed E-state index contributed by atoms with van der Waals surface area (Å²) >= 11 is 0. The fourth-order valence-corrected chi connectivity index (χ4v) is 2.31. The number of nitrogens with one attached hydrogen (secondary N) is 1. The highest BCUT2D eigenvalue weighted by molar-refractivity contribution is 5.34. The average molecular weight is 269 g/mol. The van der Waals surface area contributed by atoms with Crippen LogP contribution in [0.1, 0.15) is 45.7 Å². The second kappa shape index (κ2) is 6.35. The molecule has 108 valence electrons. The number of benzene rings is 1. The molecule has 0 bridgehead atoms. The van der Waals surface area contributed by atoms with Crippen LogP contribution in [0.2, 0.25) is 0 Å². The first-order chi connectivity index (χ1) is 8.71. The minimum absolute atomic E-state index is 0.0601. The molecule has 0 fully saturated rings. The van der Waals surface area contributed by atoms with E-state index in [0.29, 0.717) is 24.4 Å². The Bertz CT molecular complexity index is 419. The third-order valence-electron chi connectivity index (χ3n) is 3.09. The predicted octanol–water partition coefficient (Wildman–Crippen LogP) is 2.98. The lowest BCUT2D eigenvalue weighted by molar-refractivity contribution is 0.0363. The van der Waals surface area contributed by atoms with Crippen molar-refractivity contribution in [3.05, 3.63) is 29.6 Å². The van der Waals surface area contributed by atoms with E-state index in [4.69, 9.17) is 0 Å². The number of phenols is 1. The van der Waals surface area contributed by atoms with Crippen LogP contribution in [0.4, 0.5) is 4.39 Å². The highest BCUT2D eigenvalue weighted by Gasteiger charge is 2.23. The van der Waals surface area contributed by atoms with E-state index in [9.17, 15) is 14.6 Å². The molecule has 2 unspecified atom stereocenters. The van der Waals surface area contributed by atoms with E-state index >= 15 is 0 Å². The van der Waals surface area contributed by atoms with Gasteiger partial charge in [0.05, 0.1) is 5.60 Å². The molecular weight excluding hydrogens is 245 g/mol. The van der Waals surface area contributed by atoms with Gasteiger partial charge in [0.25, 0.3) is 0 Å². The molecule has 0 spiro atoms. The fraction of sp³-hybridized carbons (Fsp3) is 0.600. The van der Waals surface area contributed by atoms with Crippen LogP contribution >= 0.6 is 0 Å². The summed E-state index contributed by atoms with van der Waals surface area (Å²) in [7, 11) is 0. The zero-order valence-corrected chi connectivity index (χ0v) is 12.1. The van der Waals surface area contributed by atoms with Gasteiger partial charge in [-0.2, -0.15) is 0 Å². The number of aliphatic hydroxyl groups is 1. The third-order valence-corrected chi connectivity index (χ3v) is 3.09. The lowest BCUT2D eigenvalue weighted by Gasteiger charge is -2.28. The van der Waals surface area contributed by atoms with Crippen molar-refractivity contribution in [2.45, 2.75) is 45.8 Å². The van der Waals surface area contributed by atoms with E-state index < -0.39 is 5.60 Å². The smallest absolute Gasteiger partial charge is 0.123 e. The summed E-state index contributed by atoms with van der Waals surface area (Å²) in [5, 5.41) is 23.1. The molecule has 0 saturated carbocycles. The van der Waals surface area contributed by atoms with Crippen LogP contribution < -0.4 is 5.32 Å². The van der Waals surface area contributed by atoms with Gasteiger partial charge in [-0.3, -0.25) is 0 Å². The quantitative estimate of drug-likeness (QED) is 0.744. The van der Waals surface area contributed by atoms with Crippen molar-refractivity contribution in [2.75, 3.05) is 6.54 Å². The van der Waals surface area contributed by atoms with Crippen molar-refractivity contribution in [1.29, 1.82) is 0 Å². The lowest BCUT2D eigenvalue weighted by Crippen LogP contribution is -2.39. The largest absolute Gasteiger partial charge is 0.508 e. The van der Waals surface area contributed by atoms with Crippen molar-refractivity contribution < 1.29 is 14.6 Å². The van der Waals surface area contributed by atoms with Crippen molar-refractivity contribution in [3.8, 4) is 5.75 Å². The molecule has 0 aliphatic carbocycles. The SMILES string of the molecule is CC(C)CC(C)(O)CNC(C)c1cc(F)ccc1O. The molecule has 1 aromatic carbocycles. The minimum atomic E-state index is -0.814. The Morgan fingerprint density at radius 1 is 1.32 bits per heavy atom. The van der Waals surface area contributed by atoms with E-state index in [-0.39, 0.29) is 17.6 Å². The molecular formula is C15H24FNO2. The predicted molar refractivity (Wildman–Crippen MR) is 74.6 cm³/mol. The molecule has 3 nitrogen and oxygen atoms in total. The molecule has 0 heterocycles. The van der Waals surface area contributed by atoms with Gasteiger partial charge in [-0.1, -0.05) is 13.8 Å². The minimum Gasteiger partial charge on any atom is -0.508 e. The third kappa shape index (κ3) is 5.17. The number of rotatable bonds is 6. The van der Waals surface area contributed by atoms with Gasteiger partial charge in [0.1, 0.15) is 11.6 Å². The molecule has 0 aliphatic heterocycles. The van der Waals surface area contributed by atoms with E-state index in [1.807, 2.05) is 6.92 Å². The second-order valence-corrected chi connectivity index (χ2v) is 5.90. The van der Waals surface area contributed by atoms with Crippen LogP contribution in [0, 0.1) is 11.7 Å². The summed E-state index contributed by atoms with van der Waals surface area (Å²) < 4.78 is 13.2. The van der Waals surface area contributed by atoms with Crippen molar-refractivity contribution in [2.24, 2.45) is 5.92 Å². The topological polar surface area (TPSA) is 52.5 Å². The number of halogens is 1. The molecule has 3 N–H and O–H groups in total. The molecule has 1 rings (SSSR count). The Morgan fingerprint density at radius 2 is 1.95 bits per heavy atom. The standard InChI is InChI=1S/C15H24FNO2/c1-10(2)8-15(4,19)9-17-11(3)13-7-12(16)5-6-14(13)18/h5-7,10-11,17-19H,8-9H2,1-4H3. The number of hydrogen-bond donors (Lipinski definition) is 3. The van der Waals surface area contributed by atoms with Gasteiger partial charge in [-0.15, -0.1) is 0 Å². The highest BCUT2D eigenvalue weighted by atomic mass is 19.1. The fourth-order valence-electron chi connectivity index (χ4n) is 2.31. The number of hydrogen-bond acceptors (Lipinski definition) is 3. The van der Waals surface area contributed by atoms with Crippen LogP contribution in [0.25, 0.3) is 0 Å². The van der Waals surface area contributed by atoms with Gasteiger partial charge in [-0.25, -0.2) is 4.39 Å². The Balaban J connectivity index is 2.65. The lowest BCUT2D eigenvalue weighted by atomic mass is 9.94. The molecule has 4 heteroatoms. The Labute approximate surface area is 114 Å². The van der Waals surface area contributed by atoms with Gasteiger partial charge in [0.2, 0.25) is 0 Å². The monoisotopic (exact) mass is 269 g/mol. The summed E-state index contributed by atoms with van der Waals surface area (Å²) in [4.78, 5) is 0. The van der Waals surface area contributed by atoms with Gasteiger partial charge in [0.15, 0.2) is 0 Å². The molecule has 19 heavy (non-hydrogen) atoms. The molecule has 0 aromatic heterocycles. The van der Waals surface area contributed by atoms with Gasteiger partial charge in [-0.05, 0) is 44.4 Å². The maximum absolute atomic E-state index is 13.2. The van der Waals surface area contributed by atoms with E-state index in [2.05, 4.69) is 19.2 Å². The first kappa shape index (κ1) is 15.9. The van der Waals surface area contributed by atoms with Gasteiger partial charge in [0, 0.05) is 18.2 Å². The summed E-state index contributed by atoms with van der Waals surface area (Å²) in [5.41, 5.74) is -0.314. The normalized spacial score (nSPS) is 16.4. The summed E-state index contributed by atoms with van der Waals surface area (Å²) in [6, 6.07) is 3.65. The Kier molecular flexibility index (Phi) is 5.32. The second-order valence-electron chi connectivity index (χ2n) is 5.90. The Morgan fingerprint density at radius 3 is 2.53 bits per heavy atom. The van der Waals surface area contributed by atoms with Gasteiger partial charge >= 0.3 is 0 Å². The average Bonchev–Trinajstić information content (AvgIpc) is 2.27. The molecule has 1 aromatic rings. The Hall–Kier alpha value is -1.13. The molecule has 0 aliphatic rings. The molecule has 0 amide bonds. The van der Waals surface area contributed by atoms with E-state index in [1.54, 1.807) is 6.92 Å². The van der Waals surface area contributed by atoms with Crippen LogP contribution in [0.3, 0.4) is 0 Å². The zero-order valence-electron chi connectivity index (χ0n) is 12.1. The maximum atomic E-state index is 13.2. The summed E-state index contributed by atoms with van der Waals surface area (Å²) in [6.07, 6.45) is 0.682. The first-order valence-electron chi connectivity index (χ1n) is 6.65. The van der Waals surface area contributed by atoms with Crippen molar-refractivity contribution in [3.63, 3.8) is 0 Å². The van der Waals surface area contributed by atoms with Crippen LogP contribution in [0.5, 0.6) is 5.75 Å². The van der Waals surface area contributed by atoms with E-state index in [1.165, 1.54) is 18.2 Å².